The highest BCUT2D eigenvalue weighted by Gasteiger charge is 2.31. The first kappa shape index (κ1) is 19.1. The maximum atomic E-state index is 13.8. The molecule has 0 saturated heterocycles. The predicted molar refractivity (Wildman–Crippen MR) is 97.4 cm³/mol. The second kappa shape index (κ2) is 7.18. The standard InChI is InChI=1S/C21H20F4N2/c1-4-13(2)19-6-5-15(11-20(19)27-8-7-14(3)26-27)16-9-17(21(23,24)25)12-18(22)10-16/h5-13H,4H2,1-3H3. The average molecular weight is 376 g/mol. The lowest BCUT2D eigenvalue weighted by molar-refractivity contribution is -0.137. The maximum Gasteiger partial charge on any atom is 0.416 e. The Morgan fingerprint density at radius 3 is 2.37 bits per heavy atom. The van der Waals surface area contributed by atoms with Gasteiger partial charge in [-0.2, -0.15) is 18.3 Å². The van der Waals surface area contributed by atoms with E-state index in [1.165, 1.54) is 0 Å². The first-order chi connectivity index (χ1) is 12.7. The summed E-state index contributed by atoms with van der Waals surface area (Å²) in [4.78, 5) is 0. The molecule has 0 saturated carbocycles. The second-order valence-electron chi connectivity index (χ2n) is 6.71. The zero-order valence-electron chi connectivity index (χ0n) is 15.3. The molecule has 2 nitrogen and oxygen atoms in total. The molecule has 0 radical (unpaired) electrons. The summed E-state index contributed by atoms with van der Waals surface area (Å²) in [7, 11) is 0. The zero-order chi connectivity index (χ0) is 19.8. The van der Waals surface area contributed by atoms with Crippen molar-refractivity contribution in [1.82, 2.24) is 9.78 Å². The van der Waals surface area contributed by atoms with E-state index >= 15 is 0 Å². The lowest BCUT2D eigenvalue weighted by atomic mass is 9.93. The number of benzene rings is 2. The number of rotatable bonds is 4. The van der Waals surface area contributed by atoms with Crippen molar-refractivity contribution in [1.29, 1.82) is 0 Å². The summed E-state index contributed by atoms with van der Waals surface area (Å²) in [5.41, 5.74) is 2.35. The zero-order valence-corrected chi connectivity index (χ0v) is 15.3. The number of nitrogens with zero attached hydrogens (tertiary/aromatic N) is 2. The highest BCUT2D eigenvalue weighted by Crippen LogP contribution is 2.35. The van der Waals surface area contributed by atoms with Gasteiger partial charge in [0.15, 0.2) is 0 Å². The van der Waals surface area contributed by atoms with Crippen LogP contribution in [0.1, 0.15) is 43.0 Å². The molecular formula is C21H20F4N2. The molecule has 0 aliphatic rings. The van der Waals surface area contributed by atoms with Crippen molar-refractivity contribution >= 4 is 0 Å². The molecular weight excluding hydrogens is 356 g/mol. The fraction of sp³-hybridized carbons (Fsp3) is 0.286. The molecule has 142 valence electrons. The Hall–Kier alpha value is -2.63. The van der Waals surface area contributed by atoms with Crippen molar-refractivity contribution < 1.29 is 17.6 Å². The number of halogens is 4. The minimum atomic E-state index is -4.60. The lowest BCUT2D eigenvalue weighted by Crippen LogP contribution is -2.06. The summed E-state index contributed by atoms with van der Waals surface area (Å²) < 4.78 is 54.7. The van der Waals surface area contributed by atoms with Gasteiger partial charge in [-0.15, -0.1) is 0 Å². The summed E-state index contributed by atoms with van der Waals surface area (Å²) in [5.74, 6) is -0.667. The van der Waals surface area contributed by atoms with Crippen molar-refractivity contribution in [3.05, 3.63) is 71.3 Å². The molecule has 3 aromatic rings. The van der Waals surface area contributed by atoms with Crippen LogP contribution in [0.25, 0.3) is 16.8 Å². The molecule has 27 heavy (non-hydrogen) atoms. The highest BCUT2D eigenvalue weighted by molar-refractivity contribution is 5.68. The van der Waals surface area contributed by atoms with E-state index in [0.717, 1.165) is 35.5 Å². The van der Waals surface area contributed by atoms with Crippen LogP contribution < -0.4 is 0 Å². The van der Waals surface area contributed by atoms with E-state index in [-0.39, 0.29) is 11.5 Å². The van der Waals surface area contributed by atoms with Crippen LogP contribution in [0.4, 0.5) is 17.6 Å². The van der Waals surface area contributed by atoms with Crippen LogP contribution >= 0.6 is 0 Å². The van der Waals surface area contributed by atoms with Crippen LogP contribution in [0.15, 0.2) is 48.7 Å². The number of aryl methyl sites for hydroxylation is 1. The van der Waals surface area contributed by atoms with Crippen LogP contribution in [-0.2, 0) is 6.18 Å². The van der Waals surface area contributed by atoms with E-state index in [2.05, 4.69) is 18.9 Å². The Morgan fingerprint density at radius 2 is 1.78 bits per heavy atom. The van der Waals surface area contributed by atoms with Crippen molar-refractivity contribution in [3.63, 3.8) is 0 Å². The minimum absolute atomic E-state index is 0.183. The number of alkyl halides is 3. The quantitative estimate of drug-likeness (QED) is 0.474. The molecule has 0 spiro atoms. The molecule has 1 atom stereocenters. The van der Waals surface area contributed by atoms with E-state index in [1.54, 1.807) is 16.8 Å². The molecule has 1 aromatic heterocycles. The van der Waals surface area contributed by atoms with Gasteiger partial charge in [-0.1, -0.05) is 26.0 Å². The van der Waals surface area contributed by atoms with Crippen molar-refractivity contribution in [2.24, 2.45) is 0 Å². The van der Waals surface area contributed by atoms with Gasteiger partial charge in [-0.25, -0.2) is 9.07 Å². The molecule has 0 amide bonds. The van der Waals surface area contributed by atoms with E-state index in [9.17, 15) is 17.6 Å². The van der Waals surface area contributed by atoms with E-state index in [1.807, 2.05) is 25.3 Å². The molecule has 1 unspecified atom stereocenters. The van der Waals surface area contributed by atoms with Gasteiger partial charge < -0.3 is 0 Å². The smallest absolute Gasteiger partial charge is 0.240 e. The molecule has 1 heterocycles. The molecule has 0 N–H and O–H groups in total. The molecule has 0 aliphatic carbocycles. The third-order valence-electron chi connectivity index (χ3n) is 4.70. The van der Waals surface area contributed by atoms with Gasteiger partial charge in [-0.05, 0) is 66.3 Å². The average Bonchev–Trinajstić information content (AvgIpc) is 3.05. The van der Waals surface area contributed by atoms with E-state index in [4.69, 9.17) is 0 Å². The maximum absolute atomic E-state index is 13.8. The van der Waals surface area contributed by atoms with Crippen molar-refractivity contribution in [2.45, 2.75) is 39.3 Å². The van der Waals surface area contributed by atoms with Crippen LogP contribution in [-0.4, -0.2) is 9.78 Å². The number of aromatic nitrogens is 2. The topological polar surface area (TPSA) is 17.8 Å². The van der Waals surface area contributed by atoms with E-state index in [0.29, 0.717) is 11.6 Å². The second-order valence-corrected chi connectivity index (χ2v) is 6.71. The summed E-state index contributed by atoms with van der Waals surface area (Å²) in [6.45, 7) is 6.02. The molecule has 0 bridgehead atoms. The van der Waals surface area contributed by atoms with Crippen LogP contribution in [0, 0.1) is 12.7 Å². The fourth-order valence-corrected chi connectivity index (χ4v) is 3.03. The first-order valence-electron chi connectivity index (χ1n) is 8.73. The Morgan fingerprint density at radius 1 is 1.04 bits per heavy atom. The number of hydrogen-bond donors (Lipinski definition) is 0. The largest absolute Gasteiger partial charge is 0.416 e. The predicted octanol–water partition coefficient (Wildman–Crippen LogP) is 6.52. The Bertz CT molecular complexity index is 957. The van der Waals surface area contributed by atoms with Crippen molar-refractivity contribution in [3.8, 4) is 16.8 Å². The monoisotopic (exact) mass is 376 g/mol. The fourth-order valence-electron chi connectivity index (χ4n) is 3.03. The summed E-state index contributed by atoms with van der Waals surface area (Å²) in [5, 5.41) is 4.43. The SMILES string of the molecule is CCC(C)c1ccc(-c2cc(F)cc(C(F)(F)F)c2)cc1-n1ccc(C)n1. The van der Waals surface area contributed by atoms with Gasteiger partial charge in [0, 0.05) is 6.20 Å². The molecule has 3 rings (SSSR count). The van der Waals surface area contributed by atoms with Crippen molar-refractivity contribution in [2.75, 3.05) is 0 Å². The van der Waals surface area contributed by atoms with Crippen LogP contribution in [0.3, 0.4) is 0 Å². The Balaban J connectivity index is 2.17. The van der Waals surface area contributed by atoms with Crippen LogP contribution in [0.2, 0.25) is 0 Å². The summed E-state index contributed by atoms with van der Waals surface area (Å²) >= 11 is 0. The Labute approximate surface area is 155 Å². The molecule has 0 fully saturated rings. The Kier molecular flexibility index (Phi) is 5.09. The molecule has 0 aliphatic heterocycles. The third-order valence-corrected chi connectivity index (χ3v) is 4.70. The van der Waals surface area contributed by atoms with E-state index < -0.39 is 17.6 Å². The third kappa shape index (κ3) is 4.04. The first-order valence-corrected chi connectivity index (χ1v) is 8.73. The molecule has 6 heteroatoms. The van der Waals surface area contributed by atoms with Gasteiger partial charge in [0.05, 0.1) is 16.9 Å². The highest BCUT2D eigenvalue weighted by atomic mass is 19.4. The van der Waals surface area contributed by atoms with Gasteiger partial charge >= 0.3 is 6.18 Å². The molecule has 2 aromatic carbocycles. The van der Waals surface area contributed by atoms with Crippen LogP contribution in [0.5, 0.6) is 0 Å². The number of hydrogen-bond acceptors (Lipinski definition) is 1. The van der Waals surface area contributed by atoms with Gasteiger partial charge in [0.1, 0.15) is 5.82 Å². The summed E-state index contributed by atoms with van der Waals surface area (Å²) in [6.07, 6.45) is -1.88. The van der Waals surface area contributed by atoms with Gasteiger partial charge in [0.2, 0.25) is 0 Å². The normalized spacial score (nSPS) is 13.0. The lowest BCUT2D eigenvalue weighted by Gasteiger charge is -2.17. The minimum Gasteiger partial charge on any atom is -0.240 e. The van der Waals surface area contributed by atoms with Gasteiger partial charge in [0.25, 0.3) is 0 Å². The summed E-state index contributed by atoms with van der Waals surface area (Å²) in [6, 6.07) is 9.84. The van der Waals surface area contributed by atoms with Gasteiger partial charge in [-0.3, -0.25) is 0 Å².